The van der Waals surface area contributed by atoms with Crippen molar-refractivity contribution in [3.8, 4) is 34.5 Å². The van der Waals surface area contributed by atoms with E-state index >= 15 is 0 Å². The molecule has 0 aliphatic carbocycles. The van der Waals surface area contributed by atoms with Crippen LogP contribution in [0.25, 0.3) is 0 Å². The summed E-state index contributed by atoms with van der Waals surface area (Å²) in [6, 6.07) is -6.77. The van der Waals surface area contributed by atoms with Crippen LogP contribution >= 0.6 is 0 Å². The number of hydrogen-bond donors (Lipinski definition) is 3. The minimum absolute atomic E-state index is 0.0352. The lowest BCUT2D eigenvalue weighted by Crippen LogP contribution is -2.51. The maximum Gasteiger partial charge on any atom is 0.323 e. The van der Waals surface area contributed by atoms with E-state index in [1.807, 2.05) is 4.90 Å². The molecule has 15 atom stereocenters. The molecule has 0 radical (unpaired) electrons. The van der Waals surface area contributed by atoms with Crippen molar-refractivity contribution in [2.75, 3.05) is 81.8 Å². The van der Waals surface area contributed by atoms with Gasteiger partial charge in [0.2, 0.25) is 0 Å². The Balaban J connectivity index is 0.000000252. The zero-order chi connectivity index (χ0) is 93.7. The van der Waals surface area contributed by atoms with Crippen LogP contribution in [-0.2, 0) is 47.9 Å². The lowest BCUT2D eigenvalue weighted by Gasteiger charge is -2.47. The summed E-state index contributed by atoms with van der Waals surface area (Å²) in [5.41, 5.74) is 20.0. The third-order valence-corrected chi connectivity index (χ3v) is 17.0. The predicted molar refractivity (Wildman–Crippen MR) is 353 cm³/mol. The Morgan fingerprint density at radius 3 is 1.11 bits per heavy atom. The standard InChI is InChI=1S/3C24H38N2O4/c3*1-14(2)9-17-13-26-8-7-16-10-21(28-5)22(29-6)11-18(16)19(26)12-20(17)30-24(27)23(25)15(3)4/h3*10-11,14-15,17,19-20,23H,7-9,12-13,25H2,1-6H3/t3*17?,19?,20?,23-/m000/s1/i1D3,5D3,9D2,10D,11D,14D,20D;1D3,9D2,10D,11D,14D,20D;1D3,5D3,9D2,10D,11D,14D/t3*14?,17?,19?,20?,23-. The number of esters is 3. The number of nitrogens with two attached hydrogens (primary N) is 3. The van der Waals surface area contributed by atoms with Crippen molar-refractivity contribution in [1.29, 1.82) is 0 Å². The molecule has 9 rings (SSSR count). The molecule has 90 heavy (non-hydrogen) atoms. The maximum atomic E-state index is 13.1. The van der Waals surface area contributed by atoms with Crippen LogP contribution in [0.1, 0.15) is 217 Å². The van der Waals surface area contributed by atoms with E-state index in [0.717, 1.165) is 20.8 Å². The van der Waals surface area contributed by atoms with Crippen molar-refractivity contribution in [3.63, 3.8) is 0 Å². The average molecular weight is 1290 g/mol. The number of piperidine rings is 3. The Labute approximate surface area is 584 Å². The molecule has 0 bridgehead atoms. The van der Waals surface area contributed by atoms with E-state index in [2.05, 4.69) is 0 Å². The highest BCUT2D eigenvalue weighted by atomic mass is 16.6. The Kier molecular flexibility index (Phi) is 14.2. The van der Waals surface area contributed by atoms with Gasteiger partial charge in [-0.25, -0.2) is 0 Å². The van der Waals surface area contributed by atoms with Crippen molar-refractivity contribution in [3.05, 3.63) is 69.6 Å². The fourth-order valence-corrected chi connectivity index (χ4v) is 12.0. The number of nitrogens with zero attached hydrogens (tertiary/aromatic N) is 3. The Morgan fingerprint density at radius 2 is 0.789 bits per heavy atom. The molecular weight excluding hydrogens is 1140 g/mol. The van der Waals surface area contributed by atoms with Gasteiger partial charge < -0.3 is 59.8 Å². The van der Waals surface area contributed by atoms with E-state index < -0.39 is 180 Å². The fraction of sp³-hybridized carbons (Fsp3) is 0.708. The third kappa shape index (κ3) is 17.5. The molecular formula is C72H114N6O12. The molecule has 3 saturated heterocycles. The summed E-state index contributed by atoms with van der Waals surface area (Å²) in [4.78, 5) is 44.4. The van der Waals surface area contributed by atoms with Gasteiger partial charge in [0.15, 0.2) is 34.5 Å². The summed E-state index contributed by atoms with van der Waals surface area (Å²) in [5.74, 6) is -17.4. The van der Waals surface area contributed by atoms with E-state index in [0.29, 0.717) is 35.2 Å². The van der Waals surface area contributed by atoms with E-state index in [1.54, 1.807) is 51.3 Å². The Bertz CT molecular complexity index is 4310. The highest BCUT2D eigenvalue weighted by molar-refractivity contribution is 5.77. The normalized spacial score (nSPS) is 34.9. The van der Waals surface area contributed by atoms with Gasteiger partial charge in [0.25, 0.3) is 0 Å². The van der Waals surface area contributed by atoms with Crippen LogP contribution in [0.3, 0.4) is 0 Å². The number of carbonyl (C=O) groups excluding carboxylic acids is 3. The predicted octanol–water partition coefficient (Wildman–Crippen LogP) is 10.7. The summed E-state index contributed by atoms with van der Waals surface area (Å²) in [6.45, 7) is 3.94. The summed E-state index contributed by atoms with van der Waals surface area (Å²) in [6.07, 6.45) is -14.6. The van der Waals surface area contributed by atoms with Crippen LogP contribution in [0, 0.1) is 53.2 Å². The van der Waals surface area contributed by atoms with Crippen molar-refractivity contribution in [2.24, 2.45) is 70.4 Å². The molecule has 3 fully saturated rings. The maximum absolute atomic E-state index is 13.1. The Morgan fingerprint density at radius 1 is 0.489 bits per heavy atom. The second-order valence-electron chi connectivity index (χ2n) is 24.4. The van der Waals surface area contributed by atoms with Gasteiger partial charge >= 0.3 is 17.9 Å². The van der Waals surface area contributed by atoms with Crippen molar-refractivity contribution in [1.82, 2.24) is 14.7 Å². The van der Waals surface area contributed by atoms with Gasteiger partial charge in [0.1, 0.15) is 36.4 Å². The molecule has 6 heterocycles. The first kappa shape index (κ1) is 39.4. The third-order valence-electron chi connectivity index (χ3n) is 17.0. The van der Waals surface area contributed by atoms with Crippen molar-refractivity contribution < 1.29 is 101 Å². The van der Waals surface area contributed by atoms with Gasteiger partial charge in [0, 0.05) is 119 Å². The molecule has 12 unspecified atom stereocenters. The molecule has 504 valence electrons. The van der Waals surface area contributed by atoms with E-state index in [-0.39, 0.29) is 146 Å². The second kappa shape index (κ2) is 32.5. The van der Waals surface area contributed by atoms with Crippen molar-refractivity contribution in [2.45, 2.75) is 195 Å². The Hall–Kier alpha value is -5.37. The van der Waals surface area contributed by atoms with Crippen LogP contribution in [-0.4, -0.2) is 151 Å². The van der Waals surface area contributed by atoms with Gasteiger partial charge in [-0.05, 0) is 143 Å². The smallest absolute Gasteiger partial charge is 0.323 e. The topological polar surface area (TPSA) is 222 Å². The number of fused-ring (bicyclic) bond motifs is 9. The molecule has 0 amide bonds. The quantitative estimate of drug-likeness (QED) is 0.0666. The van der Waals surface area contributed by atoms with Crippen LogP contribution in [0.15, 0.2) is 36.3 Å². The molecule has 3 aromatic carbocycles. The van der Waals surface area contributed by atoms with E-state index in [1.165, 1.54) is 28.4 Å². The SMILES string of the molecule is [2H]c1c2c(c([2H])c(OC)c1OC([2H])([2H])[2H])C1CC(OC(=O)[C@@H](N)C(C)C)C(C([2H])([2H])C([2H])(C)C([2H])([2H])[2H])CN1CC2.[2H]c1c2c(c([2H])c(OC)c1OC([2H])([2H])[2H])C1CC([2H])(OC(=O)[C@@H](N)C(C)C)C(C([2H])([2H])C([2H])(C)C([2H])([2H])[2H])CN1CC2.[2H]c1c2c(c([2H])c(OC)c1OC)C1CC([2H])(OC(=O)[C@@H](N)C(C)C)C(C([2H])([2H])C([2H])(C)C([2H])([2H])[2H])CN1CC2. The summed E-state index contributed by atoms with van der Waals surface area (Å²) in [5, 5.41) is 0. The number of hydrogen-bond acceptors (Lipinski definition) is 18. The van der Waals surface area contributed by atoms with Crippen LogP contribution in [0.4, 0.5) is 0 Å². The molecule has 18 nitrogen and oxygen atoms in total. The first-order valence-corrected chi connectivity index (χ1v) is 30.4. The highest BCUT2D eigenvalue weighted by Crippen LogP contribution is 2.48. The molecule has 18 heteroatoms. The lowest BCUT2D eigenvalue weighted by molar-refractivity contribution is -0.161. The van der Waals surface area contributed by atoms with Crippen LogP contribution in [0.2, 0.25) is 0 Å². The van der Waals surface area contributed by atoms with E-state index in [4.69, 9.17) is 101 Å². The number of carbonyl (C=O) groups is 3. The summed E-state index contributed by atoms with van der Waals surface area (Å²) in [7, 11) is -0.695. The highest BCUT2D eigenvalue weighted by Gasteiger charge is 2.45. The van der Waals surface area contributed by atoms with Gasteiger partial charge in [-0.1, -0.05) is 82.9 Å². The van der Waals surface area contributed by atoms with E-state index in [9.17, 15) is 17.1 Å². The molecule has 6 aliphatic heterocycles. The zero-order valence-electron chi connectivity index (χ0n) is 86.0. The van der Waals surface area contributed by atoms with Crippen molar-refractivity contribution >= 4 is 17.9 Å². The lowest BCUT2D eigenvalue weighted by atomic mass is 9.79. The molecule has 3 aromatic rings. The molecule has 6 aliphatic rings. The molecule has 6 N–H and O–H groups in total. The average Bonchev–Trinajstić information content (AvgIpc) is 0.720. The minimum Gasteiger partial charge on any atom is -0.493 e. The fourth-order valence-electron chi connectivity index (χ4n) is 12.0. The van der Waals surface area contributed by atoms with Gasteiger partial charge in [-0.3, -0.25) is 29.1 Å². The second-order valence-corrected chi connectivity index (χ2v) is 24.4. The summed E-state index contributed by atoms with van der Waals surface area (Å²) < 4.78 is 314. The number of rotatable bonds is 21. The number of benzene rings is 3. The summed E-state index contributed by atoms with van der Waals surface area (Å²) >= 11 is 0. The molecule has 0 spiro atoms. The molecule has 0 aromatic heterocycles. The number of methoxy groups -OCH3 is 6. The largest absolute Gasteiger partial charge is 0.493 e. The monoisotopic (exact) mass is 1290 g/mol. The first-order chi connectivity index (χ1) is 55.2. The minimum atomic E-state index is -3.10. The first-order valence-electron chi connectivity index (χ1n) is 46.4. The zero-order valence-corrected chi connectivity index (χ0v) is 54.0. The van der Waals surface area contributed by atoms with Gasteiger partial charge in [0.05, 0.1) is 61.7 Å². The number of ether oxygens (including phenoxy) is 9. The van der Waals surface area contributed by atoms with Crippen LogP contribution in [0.5, 0.6) is 34.5 Å². The molecule has 0 saturated carbocycles. The van der Waals surface area contributed by atoms with Crippen LogP contribution < -0.4 is 45.6 Å². The van der Waals surface area contributed by atoms with Gasteiger partial charge in [-0.2, -0.15) is 0 Å². The van der Waals surface area contributed by atoms with Gasteiger partial charge in [-0.15, -0.1) is 0 Å².